The summed E-state index contributed by atoms with van der Waals surface area (Å²) in [6.45, 7) is 3.12. The van der Waals surface area contributed by atoms with Crippen LogP contribution in [0.5, 0.6) is 5.75 Å². The Balaban J connectivity index is 1.76. The lowest BCUT2D eigenvalue weighted by molar-refractivity contribution is -0.120. The van der Waals surface area contributed by atoms with E-state index in [9.17, 15) is 9.59 Å². The Kier molecular flexibility index (Phi) is 8.15. The van der Waals surface area contributed by atoms with Crippen molar-refractivity contribution >= 4 is 27.7 Å². The first-order chi connectivity index (χ1) is 12.6. The van der Waals surface area contributed by atoms with Gasteiger partial charge in [-0.1, -0.05) is 47.5 Å². The Morgan fingerprint density at radius 1 is 1.08 bits per heavy atom. The van der Waals surface area contributed by atoms with Crippen molar-refractivity contribution in [2.45, 2.75) is 26.3 Å². The highest BCUT2D eigenvalue weighted by atomic mass is 79.9. The van der Waals surface area contributed by atoms with Crippen LogP contribution in [0.25, 0.3) is 0 Å². The SMILES string of the molecule is CCCCOc1cccc(CNC(=O)CNC(=O)c2cccc(Br)c2)c1. The predicted molar refractivity (Wildman–Crippen MR) is 105 cm³/mol. The lowest BCUT2D eigenvalue weighted by Crippen LogP contribution is -2.36. The molecule has 0 aromatic heterocycles. The number of unbranched alkanes of at least 4 members (excludes halogenated alkanes) is 1. The van der Waals surface area contributed by atoms with Crippen molar-refractivity contribution < 1.29 is 14.3 Å². The summed E-state index contributed by atoms with van der Waals surface area (Å²) in [5, 5.41) is 5.40. The van der Waals surface area contributed by atoms with Crippen LogP contribution in [0.3, 0.4) is 0 Å². The maximum atomic E-state index is 12.0. The molecule has 0 saturated heterocycles. The number of amides is 2. The minimum Gasteiger partial charge on any atom is -0.494 e. The summed E-state index contributed by atoms with van der Waals surface area (Å²) in [6, 6.07) is 14.7. The zero-order valence-corrected chi connectivity index (χ0v) is 16.3. The van der Waals surface area contributed by atoms with Crippen molar-refractivity contribution in [3.05, 3.63) is 64.1 Å². The summed E-state index contributed by atoms with van der Waals surface area (Å²) < 4.78 is 6.47. The molecule has 0 unspecified atom stereocenters. The van der Waals surface area contributed by atoms with E-state index in [4.69, 9.17) is 4.74 Å². The van der Waals surface area contributed by atoms with Crippen molar-refractivity contribution in [1.82, 2.24) is 10.6 Å². The highest BCUT2D eigenvalue weighted by Crippen LogP contribution is 2.14. The molecule has 0 aliphatic carbocycles. The molecule has 0 spiro atoms. The number of carbonyl (C=O) groups excluding carboxylic acids is 2. The summed E-state index contributed by atoms with van der Waals surface area (Å²) in [4.78, 5) is 24.0. The van der Waals surface area contributed by atoms with Crippen LogP contribution >= 0.6 is 15.9 Å². The Bertz CT molecular complexity index is 749. The van der Waals surface area contributed by atoms with Crippen LogP contribution in [0, 0.1) is 0 Å². The standard InChI is InChI=1S/C20H23BrN2O3/c1-2-3-10-26-18-9-4-6-15(11-18)13-22-19(24)14-23-20(25)16-7-5-8-17(21)12-16/h4-9,11-12H,2-3,10,13-14H2,1H3,(H,22,24)(H,23,25). The summed E-state index contributed by atoms with van der Waals surface area (Å²) in [5.74, 6) is 0.270. The number of benzene rings is 2. The van der Waals surface area contributed by atoms with Crippen LogP contribution in [-0.2, 0) is 11.3 Å². The van der Waals surface area contributed by atoms with E-state index in [1.54, 1.807) is 18.2 Å². The number of hydrogen-bond acceptors (Lipinski definition) is 3. The van der Waals surface area contributed by atoms with Gasteiger partial charge in [-0.2, -0.15) is 0 Å². The van der Waals surface area contributed by atoms with E-state index in [2.05, 4.69) is 33.5 Å². The molecule has 0 bridgehead atoms. The van der Waals surface area contributed by atoms with E-state index >= 15 is 0 Å². The van der Waals surface area contributed by atoms with Gasteiger partial charge in [0.2, 0.25) is 5.91 Å². The van der Waals surface area contributed by atoms with Gasteiger partial charge in [-0.25, -0.2) is 0 Å². The van der Waals surface area contributed by atoms with E-state index in [1.807, 2.05) is 30.3 Å². The molecule has 5 nitrogen and oxygen atoms in total. The summed E-state index contributed by atoms with van der Waals surface area (Å²) in [5.41, 5.74) is 1.45. The molecule has 2 aromatic carbocycles. The molecule has 0 aliphatic rings. The van der Waals surface area contributed by atoms with Crippen molar-refractivity contribution in [3.63, 3.8) is 0 Å². The molecule has 6 heteroatoms. The fourth-order valence-electron chi connectivity index (χ4n) is 2.24. The minimum absolute atomic E-state index is 0.0714. The van der Waals surface area contributed by atoms with Crippen LogP contribution in [-0.4, -0.2) is 25.0 Å². The highest BCUT2D eigenvalue weighted by Gasteiger charge is 2.08. The maximum absolute atomic E-state index is 12.0. The third kappa shape index (κ3) is 6.88. The summed E-state index contributed by atoms with van der Waals surface area (Å²) >= 11 is 3.32. The average Bonchev–Trinajstić information content (AvgIpc) is 2.65. The molecule has 0 heterocycles. The fraction of sp³-hybridized carbons (Fsp3) is 0.300. The van der Waals surface area contributed by atoms with Gasteiger partial charge in [0.25, 0.3) is 5.91 Å². The van der Waals surface area contributed by atoms with E-state index in [1.165, 1.54) is 0 Å². The summed E-state index contributed by atoms with van der Waals surface area (Å²) in [7, 11) is 0. The zero-order chi connectivity index (χ0) is 18.8. The number of ether oxygens (including phenoxy) is 1. The molecule has 0 atom stereocenters. The Morgan fingerprint density at radius 2 is 1.88 bits per heavy atom. The first-order valence-electron chi connectivity index (χ1n) is 8.60. The van der Waals surface area contributed by atoms with E-state index in [0.717, 1.165) is 28.6 Å². The largest absolute Gasteiger partial charge is 0.494 e. The van der Waals surface area contributed by atoms with Crippen molar-refractivity contribution in [2.24, 2.45) is 0 Å². The Hall–Kier alpha value is -2.34. The normalized spacial score (nSPS) is 10.2. The van der Waals surface area contributed by atoms with Gasteiger partial charge in [-0.05, 0) is 42.3 Å². The van der Waals surface area contributed by atoms with Crippen LogP contribution < -0.4 is 15.4 Å². The van der Waals surface area contributed by atoms with E-state index < -0.39 is 0 Å². The molecule has 2 aromatic rings. The van der Waals surface area contributed by atoms with Gasteiger partial charge in [-0.15, -0.1) is 0 Å². The topological polar surface area (TPSA) is 67.4 Å². The number of halogens is 1. The van der Waals surface area contributed by atoms with Gasteiger partial charge in [-0.3, -0.25) is 9.59 Å². The van der Waals surface area contributed by atoms with E-state index in [0.29, 0.717) is 18.7 Å². The van der Waals surface area contributed by atoms with Gasteiger partial charge >= 0.3 is 0 Å². The van der Waals surface area contributed by atoms with Crippen LogP contribution in [0.1, 0.15) is 35.7 Å². The number of rotatable bonds is 9. The lowest BCUT2D eigenvalue weighted by Gasteiger charge is -2.09. The van der Waals surface area contributed by atoms with Gasteiger partial charge in [0.1, 0.15) is 5.75 Å². The third-order valence-corrected chi connectivity index (χ3v) is 4.14. The molecule has 138 valence electrons. The van der Waals surface area contributed by atoms with Crippen molar-refractivity contribution in [1.29, 1.82) is 0 Å². The second-order valence-corrected chi connectivity index (χ2v) is 6.73. The second kappa shape index (κ2) is 10.6. The van der Waals surface area contributed by atoms with Crippen LogP contribution in [0.15, 0.2) is 53.0 Å². The number of carbonyl (C=O) groups is 2. The molecule has 0 aliphatic heterocycles. The molecule has 0 saturated carbocycles. The average molecular weight is 419 g/mol. The molecular weight excluding hydrogens is 396 g/mol. The van der Waals surface area contributed by atoms with Crippen molar-refractivity contribution in [3.8, 4) is 5.75 Å². The molecule has 0 fully saturated rings. The van der Waals surface area contributed by atoms with Gasteiger partial charge in [0, 0.05) is 16.6 Å². The summed E-state index contributed by atoms with van der Waals surface area (Å²) in [6.07, 6.45) is 2.10. The molecule has 0 radical (unpaired) electrons. The Morgan fingerprint density at radius 3 is 2.65 bits per heavy atom. The molecule has 2 rings (SSSR count). The number of nitrogens with one attached hydrogen (secondary N) is 2. The lowest BCUT2D eigenvalue weighted by atomic mass is 10.2. The zero-order valence-electron chi connectivity index (χ0n) is 14.8. The fourth-order valence-corrected chi connectivity index (χ4v) is 2.63. The van der Waals surface area contributed by atoms with E-state index in [-0.39, 0.29) is 18.4 Å². The molecule has 26 heavy (non-hydrogen) atoms. The van der Waals surface area contributed by atoms with Crippen LogP contribution in [0.4, 0.5) is 0 Å². The molecule has 2 N–H and O–H groups in total. The minimum atomic E-state index is -0.284. The van der Waals surface area contributed by atoms with Gasteiger partial charge in [0.15, 0.2) is 0 Å². The molecule has 2 amide bonds. The number of hydrogen-bond donors (Lipinski definition) is 2. The third-order valence-electron chi connectivity index (χ3n) is 3.65. The van der Waals surface area contributed by atoms with Crippen molar-refractivity contribution in [2.75, 3.05) is 13.2 Å². The van der Waals surface area contributed by atoms with Gasteiger partial charge in [0.05, 0.1) is 13.2 Å². The first-order valence-corrected chi connectivity index (χ1v) is 9.40. The Labute approximate surface area is 162 Å². The molecular formula is C20H23BrN2O3. The van der Waals surface area contributed by atoms with Crippen LogP contribution in [0.2, 0.25) is 0 Å². The quantitative estimate of drug-likeness (QED) is 0.610. The highest BCUT2D eigenvalue weighted by molar-refractivity contribution is 9.10. The monoisotopic (exact) mass is 418 g/mol. The predicted octanol–water partition coefficient (Wildman–Crippen LogP) is 3.67. The van der Waals surface area contributed by atoms with Gasteiger partial charge < -0.3 is 15.4 Å². The smallest absolute Gasteiger partial charge is 0.251 e. The maximum Gasteiger partial charge on any atom is 0.251 e. The second-order valence-electron chi connectivity index (χ2n) is 5.82. The first kappa shape index (κ1) is 20.0.